The Balaban J connectivity index is 2.41. The summed E-state index contributed by atoms with van der Waals surface area (Å²) >= 11 is 5.68. The molecule has 0 atom stereocenters. The smallest absolute Gasteiger partial charge is 0.255 e. The lowest BCUT2D eigenvalue weighted by Gasteiger charge is -2.12. The molecule has 0 aliphatic carbocycles. The Kier molecular flexibility index (Phi) is 5.27. The first-order valence-corrected chi connectivity index (χ1v) is 8.83. The standard InChI is InChI=1S/C16H16ClFN2O3S/c1-9-6-11(7-15(10(9)2)24(22,23)19-3)16(21)20-12-4-5-14(18)13(17)8-12/h4-8,19H,1-3H3,(H,20,21). The average molecular weight is 371 g/mol. The van der Waals surface area contributed by atoms with Crippen LogP contribution >= 0.6 is 11.6 Å². The predicted molar refractivity (Wildman–Crippen MR) is 91.5 cm³/mol. The number of halogens is 2. The third-order valence-electron chi connectivity index (χ3n) is 3.62. The van der Waals surface area contributed by atoms with Gasteiger partial charge < -0.3 is 5.32 Å². The molecule has 2 rings (SSSR count). The normalized spacial score (nSPS) is 11.4. The fourth-order valence-electron chi connectivity index (χ4n) is 2.12. The van der Waals surface area contributed by atoms with Crippen LogP contribution in [0.1, 0.15) is 21.5 Å². The summed E-state index contributed by atoms with van der Waals surface area (Å²) in [5.74, 6) is -1.11. The van der Waals surface area contributed by atoms with Crippen molar-refractivity contribution in [1.29, 1.82) is 0 Å². The number of nitrogens with one attached hydrogen (secondary N) is 2. The van der Waals surface area contributed by atoms with E-state index in [1.807, 2.05) is 0 Å². The molecule has 0 heterocycles. The molecule has 1 amide bonds. The van der Waals surface area contributed by atoms with Gasteiger partial charge in [-0.05, 0) is 62.4 Å². The number of amides is 1. The summed E-state index contributed by atoms with van der Waals surface area (Å²) in [4.78, 5) is 12.4. The Labute approximate surface area is 144 Å². The van der Waals surface area contributed by atoms with Gasteiger partial charge in [0.15, 0.2) is 0 Å². The van der Waals surface area contributed by atoms with Gasteiger partial charge in [0.25, 0.3) is 5.91 Å². The summed E-state index contributed by atoms with van der Waals surface area (Å²) in [5.41, 5.74) is 1.70. The molecule has 0 fully saturated rings. The lowest BCUT2D eigenvalue weighted by Crippen LogP contribution is -2.21. The van der Waals surface area contributed by atoms with E-state index < -0.39 is 21.7 Å². The maximum atomic E-state index is 13.2. The van der Waals surface area contributed by atoms with Crippen molar-refractivity contribution in [3.63, 3.8) is 0 Å². The minimum Gasteiger partial charge on any atom is -0.322 e. The van der Waals surface area contributed by atoms with Crippen LogP contribution in [0.5, 0.6) is 0 Å². The lowest BCUT2D eigenvalue weighted by molar-refractivity contribution is 0.102. The van der Waals surface area contributed by atoms with Crippen LogP contribution in [0.15, 0.2) is 35.2 Å². The summed E-state index contributed by atoms with van der Waals surface area (Å²) in [6, 6.07) is 6.67. The van der Waals surface area contributed by atoms with E-state index in [1.54, 1.807) is 19.9 Å². The predicted octanol–water partition coefficient (Wildman–Crippen LogP) is 3.26. The minimum atomic E-state index is -3.69. The van der Waals surface area contributed by atoms with E-state index >= 15 is 0 Å². The number of anilines is 1. The van der Waals surface area contributed by atoms with Crippen LogP contribution in [0.2, 0.25) is 5.02 Å². The maximum absolute atomic E-state index is 13.2. The molecule has 0 bridgehead atoms. The zero-order chi connectivity index (χ0) is 18.1. The van der Waals surface area contributed by atoms with E-state index in [4.69, 9.17) is 11.6 Å². The van der Waals surface area contributed by atoms with Crippen molar-refractivity contribution >= 4 is 33.2 Å². The molecule has 5 nitrogen and oxygen atoms in total. The van der Waals surface area contributed by atoms with Crippen LogP contribution in [-0.4, -0.2) is 21.4 Å². The molecule has 8 heteroatoms. The molecular weight excluding hydrogens is 355 g/mol. The Hall–Kier alpha value is -1.96. The van der Waals surface area contributed by atoms with Crippen molar-refractivity contribution < 1.29 is 17.6 Å². The fraction of sp³-hybridized carbons (Fsp3) is 0.188. The molecule has 2 aromatic carbocycles. The highest BCUT2D eigenvalue weighted by atomic mass is 35.5. The number of carbonyl (C=O) groups excluding carboxylic acids is 1. The third kappa shape index (κ3) is 3.75. The second kappa shape index (κ2) is 6.88. The second-order valence-electron chi connectivity index (χ2n) is 5.21. The zero-order valence-corrected chi connectivity index (χ0v) is 14.8. The van der Waals surface area contributed by atoms with Gasteiger partial charge in [-0.15, -0.1) is 0 Å². The van der Waals surface area contributed by atoms with Crippen LogP contribution < -0.4 is 10.0 Å². The highest BCUT2D eigenvalue weighted by molar-refractivity contribution is 7.89. The van der Waals surface area contributed by atoms with Crippen molar-refractivity contribution in [3.8, 4) is 0 Å². The summed E-state index contributed by atoms with van der Waals surface area (Å²) < 4.78 is 39.6. The van der Waals surface area contributed by atoms with Crippen molar-refractivity contribution in [2.75, 3.05) is 12.4 Å². The summed E-state index contributed by atoms with van der Waals surface area (Å²) in [6.07, 6.45) is 0. The SMILES string of the molecule is CNS(=O)(=O)c1cc(C(=O)Nc2ccc(F)c(Cl)c2)cc(C)c1C. The monoisotopic (exact) mass is 370 g/mol. The van der Waals surface area contributed by atoms with Gasteiger partial charge in [0.1, 0.15) is 5.82 Å². The van der Waals surface area contributed by atoms with E-state index in [-0.39, 0.29) is 15.5 Å². The first kappa shape index (κ1) is 18.4. The fourth-order valence-corrected chi connectivity index (χ4v) is 3.37. The Morgan fingerprint density at radius 1 is 1.17 bits per heavy atom. The van der Waals surface area contributed by atoms with Crippen LogP contribution in [0.4, 0.5) is 10.1 Å². The zero-order valence-electron chi connectivity index (χ0n) is 13.3. The molecule has 2 N–H and O–H groups in total. The average Bonchev–Trinajstić information content (AvgIpc) is 2.53. The third-order valence-corrected chi connectivity index (χ3v) is 5.45. The van der Waals surface area contributed by atoms with Crippen molar-refractivity contribution in [1.82, 2.24) is 4.72 Å². The van der Waals surface area contributed by atoms with Crippen LogP contribution in [0.25, 0.3) is 0 Å². The number of hydrogen-bond acceptors (Lipinski definition) is 3. The number of sulfonamides is 1. The molecule has 24 heavy (non-hydrogen) atoms. The topological polar surface area (TPSA) is 75.3 Å². The number of benzene rings is 2. The summed E-state index contributed by atoms with van der Waals surface area (Å²) in [5, 5.41) is 2.45. The van der Waals surface area contributed by atoms with Crippen LogP contribution in [0, 0.1) is 19.7 Å². The highest BCUT2D eigenvalue weighted by Crippen LogP contribution is 2.23. The first-order chi connectivity index (χ1) is 11.2. The van der Waals surface area contributed by atoms with Crippen molar-refractivity contribution in [2.24, 2.45) is 0 Å². The summed E-state index contributed by atoms with van der Waals surface area (Å²) in [6.45, 7) is 3.39. The van der Waals surface area contributed by atoms with Gasteiger partial charge in [-0.2, -0.15) is 0 Å². The van der Waals surface area contributed by atoms with E-state index in [9.17, 15) is 17.6 Å². The van der Waals surface area contributed by atoms with Crippen molar-refractivity contribution in [3.05, 3.63) is 57.9 Å². The molecular formula is C16H16ClFN2O3S. The molecule has 0 saturated carbocycles. The van der Waals surface area contributed by atoms with Gasteiger partial charge in [-0.1, -0.05) is 11.6 Å². The van der Waals surface area contributed by atoms with Gasteiger partial charge in [0, 0.05) is 11.3 Å². The van der Waals surface area contributed by atoms with E-state index in [0.29, 0.717) is 16.8 Å². The second-order valence-corrected chi connectivity index (χ2v) is 7.47. The quantitative estimate of drug-likeness (QED) is 0.867. The Bertz CT molecular complexity index is 914. The van der Waals surface area contributed by atoms with Gasteiger partial charge in [-0.3, -0.25) is 4.79 Å². The van der Waals surface area contributed by atoms with E-state index in [0.717, 1.165) is 6.07 Å². The van der Waals surface area contributed by atoms with E-state index in [1.165, 1.54) is 25.2 Å². The molecule has 0 aromatic heterocycles. The Morgan fingerprint density at radius 2 is 1.83 bits per heavy atom. The molecule has 0 radical (unpaired) electrons. The lowest BCUT2D eigenvalue weighted by atomic mass is 10.1. The van der Waals surface area contributed by atoms with Gasteiger partial charge in [0.2, 0.25) is 10.0 Å². The Morgan fingerprint density at radius 3 is 2.42 bits per heavy atom. The maximum Gasteiger partial charge on any atom is 0.255 e. The minimum absolute atomic E-state index is 0.0345. The van der Waals surface area contributed by atoms with Crippen molar-refractivity contribution in [2.45, 2.75) is 18.7 Å². The molecule has 0 unspecified atom stereocenters. The molecule has 0 saturated heterocycles. The highest BCUT2D eigenvalue weighted by Gasteiger charge is 2.19. The first-order valence-electron chi connectivity index (χ1n) is 6.97. The van der Waals surface area contributed by atoms with Gasteiger partial charge >= 0.3 is 0 Å². The number of carbonyl (C=O) groups is 1. The molecule has 0 spiro atoms. The van der Waals surface area contributed by atoms with Gasteiger partial charge in [0.05, 0.1) is 9.92 Å². The van der Waals surface area contributed by atoms with Gasteiger partial charge in [-0.25, -0.2) is 17.5 Å². The van der Waals surface area contributed by atoms with E-state index in [2.05, 4.69) is 10.0 Å². The largest absolute Gasteiger partial charge is 0.322 e. The molecule has 128 valence electrons. The molecule has 2 aromatic rings. The van der Waals surface area contributed by atoms with Crippen LogP contribution in [-0.2, 0) is 10.0 Å². The van der Waals surface area contributed by atoms with Crippen LogP contribution in [0.3, 0.4) is 0 Å². The molecule has 0 aliphatic heterocycles. The number of aryl methyl sites for hydroxylation is 1. The number of rotatable bonds is 4. The summed E-state index contributed by atoms with van der Waals surface area (Å²) in [7, 11) is -2.39. The number of hydrogen-bond donors (Lipinski definition) is 2. The molecule has 0 aliphatic rings.